The van der Waals surface area contributed by atoms with E-state index in [2.05, 4.69) is 34.6 Å². The third-order valence-electron chi connectivity index (χ3n) is 2.01. The number of hydrogen-bond donors (Lipinski definition) is 1. The van der Waals surface area contributed by atoms with Gasteiger partial charge in [-0.3, -0.25) is 0 Å². The minimum absolute atomic E-state index is 0.361. The van der Waals surface area contributed by atoms with Gasteiger partial charge in [0.1, 0.15) is 0 Å². The smallest absolute Gasteiger partial charge is 0.0431 e. The van der Waals surface area contributed by atoms with Gasteiger partial charge in [0.05, 0.1) is 0 Å². The molecule has 1 N–H and O–H groups in total. The number of aliphatic hydroxyl groups is 1. The number of hydrogen-bond acceptors (Lipinski definition) is 1. The lowest BCUT2D eigenvalue weighted by atomic mass is 10.0. The average Bonchev–Trinajstić information content (AvgIpc) is 2.44. The first-order chi connectivity index (χ1) is 10.2. The SMILES string of the molecule is C1CCC1.CC.CC.CCC.CCC.CCCCCCO. The van der Waals surface area contributed by atoms with Crippen LogP contribution in [0.15, 0.2) is 0 Å². The van der Waals surface area contributed by atoms with Crippen LogP contribution < -0.4 is 0 Å². The Morgan fingerprint density at radius 2 is 0.857 bits per heavy atom. The van der Waals surface area contributed by atoms with Crippen LogP contribution in [0.5, 0.6) is 0 Å². The van der Waals surface area contributed by atoms with Gasteiger partial charge >= 0.3 is 0 Å². The maximum Gasteiger partial charge on any atom is 0.0431 e. The zero-order valence-electron chi connectivity index (χ0n) is 17.2. The fourth-order valence-electron chi connectivity index (χ4n) is 0.789. The highest BCUT2D eigenvalue weighted by molar-refractivity contribution is 4.50. The first-order valence-corrected chi connectivity index (χ1v) is 9.85. The van der Waals surface area contributed by atoms with Crippen LogP contribution >= 0.6 is 0 Å². The van der Waals surface area contributed by atoms with E-state index in [0.29, 0.717) is 6.61 Å². The molecule has 136 valence electrons. The molecule has 0 heterocycles. The van der Waals surface area contributed by atoms with Gasteiger partial charge in [0.15, 0.2) is 0 Å². The van der Waals surface area contributed by atoms with Crippen molar-refractivity contribution in [2.45, 2.75) is 127 Å². The van der Waals surface area contributed by atoms with E-state index in [1.165, 1.54) is 57.8 Å². The van der Waals surface area contributed by atoms with E-state index < -0.39 is 0 Å². The summed E-state index contributed by atoms with van der Waals surface area (Å²) in [7, 11) is 0. The van der Waals surface area contributed by atoms with Crippen molar-refractivity contribution in [1.82, 2.24) is 0 Å². The molecule has 0 aromatic rings. The first kappa shape index (κ1) is 32.8. The van der Waals surface area contributed by atoms with E-state index in [1.807, 2.05) is 27.7 Å². The molecule has 0 bridgehead atoms. The standard InChI is InChI=1S/C6H14O.C4H8.2C3H8.2C2H6/c1-2-3-4-5-6-7;1-2-4-3-1;2*1-3-2;2*1-2/h7H,2-6H2,1H3;1-4H2;2*3H2,1-2H3;2*1-2H3. The third-order valence-corrected chi connectivity index (χ3v) is 2.01. The fraction of sp³-hybridized carbons (Fsp3) is 1.00. The van der Waals surface area contributed by atoms with Crippen LogP contribution in [-0.2, 0) is 0 Å². The monoisotopic (exact) mass is 306 g/mol. The maximum absolute atomic E-state index is 8.29. The van der Waals surface area contributed by atoms with Gasteiger partial charge in [0, 0.05) is 6.61 Å². The summed E-state index contributed by atoms with van der Waals surface area (Å²) in [5.74, 6) is 0. The van der Waals surface area contributed by atoms with Crippen LogP contribution in [0.2, 0.25) is 0 Å². The predicted octanol–water partition coefficient (Wildman–Crippen LogP) is 8.00. The van der Waals surface area contributed by atoms with Crippen molar-refractivity contribution in [3.63, 3.8) is 0 Å². The van der Waals surface area contributed by atoms with Gasteiger partial charge in [-0.1, -0.05) is 120 Å². The van der Waals surface area contributed by atoms with Crippen molar-refractivity contribution in [3.8, 4) is 0 Å². The van der Waals surface area contributed by atoms with E-state index in [0.717, 1.165) is 6.42 Å². The number of rotatable bonds is 4. The van der Waals surface area contributed by atoms with Crippen molar-refractivity contribution < 1.29 is 5.11 Å². The lowest BCUT2D eigenvalue weighted by Crippen LogP contribution is -1.85. The van der Waals surface area contributed by atoms with Crippen molar-refractivity contribution in [3.05, 3.63) is 0 Å². The maximum atomic E-state index is 8.29. The van der Waals surface area contributed by atoms with Crippen molar-refractivity contribution in [2.75, 3.05) is 6.61 Å². The Bertz CT molecular complexity index is 67.9. The number of unbranched alkanes of at least 4 members (excludes halogenated alkanes) is 3. The molecule has 0 radical (unpaired) electrons. The van der Waals surface area contributed by atoms with Gasteiger partial charge in [-0.25, -0.2) is 0 Å². The number of aliphatic hydroxyl groups excluding tert-OH is 1. The zero-order chi connectivity index (χ0) is 17.8. The normalized spacial score (nSPS) is 10.0. The van der Waals surface area contributed by atoms with Gasteiger partial charge in [0.2, 0.25) is 0 Å². The summed E-state index contributed by atoms with van der Waals surface area (Å²) in [6.07, 6.45) is 13.2. The summed E-state index contributed by atoms with van der Waals surface area (Å²) in [5, 5.41) is 8.29. The molecule has 1 fully saturated rings. The molecule has 0 spiro atoms. The molecular formula is C20H50O. The summed E-state index contributed by atoms with van der Waals surface area (Å²) >= 11 is 0. The van der Waals surface area contributed by atoms with Crippen LogP contribution in [0.4, 0.5) is 0 Å². The minimum Gasteiger partial charge on any atom is -0.396 e. The molecule has 1 nitrogen and oxygen atoms in total. The average molecular weight is 307 g/mol. The fourth-order valence-corrected chi connectivity index (χ4v) is 0.789. The van der Waals surface area contributed by atoms with Crippen LogP contribution in [0.1, 0.15) is 127 Å². The Morgan fingerprint density at radius 3 is 1.00 bits per heavy atom. The van der Waals surface area contributed by atoms with Gasteiger partial charge in [-0.05, 0) is 6.42 Å². The minimum atomic E-state index is 0.361. The molecular weight excluding hydrogens is 256 g/mol. The van der Waals surface area contributed by atoms with Crippen molar-refractivity contribution in [1.29, 1.82) is 0 Å². The van der Waals surface area contributed by atoms with Crippen molar-refractivity contribution in [2.24, 2.45) is 0 Å². The highest BCUT2D eigenvalue weighted by Gasteiger charge is 1.95. The largest absolute Gasteiger partial charge is 0.396 e. The molecule has 0 amide bonds. The van der Waals surface area contributed by atoms with E-state index in [1.54, 1.807) is 0 Å². The lowest BCUT2D eigenvalue weighted by molar-refractivity contribution is 0.283. The predicted molar refractivity (Wildman–Crippen MR) is 104 cm³/mol. The summed E-state index contributed by atoms with van der Waals surface area (Å²) in [6.45, 7) is 19.0. The second-order valence-corrected chi connectivity index (χ2v) is 4.61. The second-order valence-electron chi connectivity index (χ2n) is 4.61. The Labute approximate surface area is 138 Å². The molecule has 1 aliphatic rings. The summed E-state index contributed by atoms with van der Waals surface area (Å²) in [5.41, 5.74) is 0. The van der Waals surface area contributed by atoms with E-state index in [9.17, 15) is 0 Å². The molecule has 0 atom stereocenters. The third kappa shape index (κ3) is 102. The molecule has 1 rings (SSSR count). The van der Waals surface area contributed by atoms with Crippen LogP contribution in [0.3, 0.4) is 0 Å². The Balaban J connectivity index is -0.0000000529. The quantitative estimate of drug-likeness (QED) is 0.521. The molecule has 0 aliphatic heterocycles. The van der Waals surface area contributed by atoms with Gasteiger partial charge in [0.25, 0.3) is 0 Å². The van der Waals surface area contributed by atoms with E-state index in [-0.39, 0.29) is 0 Å². The topological polar surface area (TPSA) is 20.2 Å². The summed E-state index contributed by atoms with van der Waals surface area (Å²) < 4.78 is 0. The highest BCUT2D eigenvalue weighted by atomic mass is 16.2. The molecule has 0 saturated heterocycles. The van der Waals surface area contributed by atoms with Gasteiger partial charge < -0.3 is 5.11 Å². The van der Waals surface area contributed by atoms with Crippen LogP contribution in [0, 0.1) is 0 Å². The molecule has 0 aromatic carbocycles. The van der Waals surface area contributed by atoms with Gasteiger partial charge in [-0.2, -0.15) is 0 Å². The molecule has 0 aromatic heterocycles. The second kappa shape index (κ2) is 59.7. The van der Waals surface area contributed by atoms with Gasteiger partial charge in [-0.15, -0.1) is 0 Å². The molecule has 1 aliphatic carbocycles. The lowest BCUT2D eigenvalue weighted by Gasteiger charge is -2.05. The molecule has 21 heavy (non-hydrogen) atoms. The van der Waals surface area contributed by atoms with Crippen LogP contribution in [-0.4, -0.2) is 11.7 Å². The molecule has 0 unspecified atom stereocenters. The molecule has 1 heteroatoms. The Morgan fingerprint density at radius 1 is 0.571 bits per heavy atom. The van der Waals surface area contributed by atoms with Crippen LogP contribution in [0.25, 0.3) is 0 Å². The Kier molecular flexibility index (Phi) is 93.2. The first-order valence-electron chi connectivity index (χ1n) is 9.85. The summed E-state index contributed by atoms with van der Waals surface area (Å²) in [6, 6.07) is 0. The molecule has 1 saturated carbocycles. The Hall–Kier alpha value is -0.0400. The van der Waals surface area contributed by atoms with Crippen molar-refractivity contribution >= 4 is 0 Å². The summed E-state index contributed by atoms with van der Waals surface area (Å²) in [4.78, 5) is 0. The highest BCUT2D eigenvalue weighted by Crippen LogP contribution is 2.15. The van der Waals surface area contributed by atoms with E-state index >= 15 is 0 Å². The zero-order valence-corrected chi connectivity index (χ0v) is 17.2. The van der Waals surface area contributed by atoms with E-state index in [4.69, 9.17) is 5.11 Å².